The van der Waals surface area contributed by atoms with Crippen LogP contribution in [0.1, 0.15) is 40.5 Å². The first-order chi connectivity index (χ1) is 6.52. The van der Waals surface area contributed by atoms with Crippen LogP contribution in [0.3, 0.4) is 0 Å². The average molecular weight is 200 g/mol. The first-order valence-electron chi connectivity index (χ1n) is 5.57. The largest absolute Gasteiger partial charge is 0.342 e. The van der Waals surface area contributed by atoms with Gasteiger partial charge in [-0.3, -0.25) is 4.79 Å². The summed E-state index contributed by atoms with van der Waals surface area (Å²) in [7, 11) is 0. The van der Waals surface area contributed by atoms with Crippen molar-refractivity contribution >= 4 is 5.91 Å². The van der Waals surface area contributed by atoms with E-state index in [1.165, 1.54) is 0 Å². The molecule has 3 nitrogen and oxygen atoms in total. The van der Waals surface area contributed by atoms with E-state index >= 15 is 0 Å². The summed E-state index contributed by atoms with van der Waals surface area (Å²) in [6, 6.07) is -0.318. The van der Waals surface area contributed by atoms with Gasteiger partial charge in [0.1, 0.15) is 0 Å². The lowest BCUT2D eigenvalue weighted by Gasteiger charge is -2.24. The molecule has 0 bridgehead atoms. The molecule has 0 aliphatic rings. The number of carbonyl (C=O) groups excluding carboxylic acids is 1. The molecule has 0 unspecified atom stereocenters. The van der Waals surface area contributed by atoms with Gasteiger partial charge in [0.25, 0.3) is 0 Å². The fourth-order valence-corrected chi connectivity index (χ4v) is 1.54. The summed E-state index contributed by atoms with van der Waals surface area (Å²) >= 11 is 0. The van der Waals surface area contributed by atoms with Gasteiger partial charge < -0.3 is 10.6 Å². The number of hydrogen-bond acceptors (Lipinski definition) is 2. The van der Waals surface area contributed by atoms with Gasteiger partial charge in [-0.1, -0.05) is 20.8 Å². The van der Waals surface area contributed by atoms with Gasteiger partial charge in [-0.2, -0.15) is 0 Å². The molecule has 3 heteroatoms. The summed E-state index contributed by atoms with van der Waals surface area (Å²) in [5, 5.41) is 0. The number of amides is 1. The molecule has 1 amide bonds. The quantitative estimate of drug-likeness (QED) is 0.708. The van der Waals surface area contributed by atoms with Crippen molar-refractivity contribution in [2.45, 2.75) is 46.6 Å². The highest BCUT2D eigenvalue weighted by Gasteiger charge is 2.19. The van der Waals surface area contributed by atoms with Crippen LogP contribution < -0.4 is 5.73 Å². The first-order valence-corrected chi connectivity index (χ1v) is 5.57. The Hall–Kier alpha value is -0.570. The fourth-order valence-electron chi connectivity index (χ4n) is 1.54. The molecule has 0 fully saturated rings. The molecule has 0 aromatic rings. The molecule has 0 rings (SSSR count). The molecule has 0 heterocycles. The van der Waals surface area contributed by atoms with E-state index in [0.29, 0.717) is 5.92 Å². The van der Waals surface area contributed by atoms with Crippen molar-refractivity contribution in [3.05, 3.63) is 0 Å². The average Bonchev–Trinajstić information content (AvgIpc) is 2.12. The summed E-state index contributed by atoms with van der Waals surface area (Å²) in [4.78, 5) is 13.6. The van der Waals surface area contributed by atoms with E-state index < -0.39 is 0 Å². The van der Waals surface area contributed by atoms with Crippen molar-refractivity contribution in [2.75, 3.05) is 13.1 Å². The summed E-state index contributed by atoms with van der Waals surface area (Å²) in [5.41, 5.74) is 5.83. The zero-order chi connectivity index (χ0) is 11.1. The summed E-state index contributed by atoms with van der Waals surface area (Å²) < 4.78 is 0. The van der Waals surface area contributed by atoms with E-state index in [1.807, 2.05) is 11.8 Å². The topological polar surface area (TPSA) is 46.3 Å². The predicted octanol–water partition coefficient (Wildman–Crippen LogP) is 1.62. The van der Waals surface area contributed by atoms with E-state index in [9.17, 15) is 4.79 Å². The molecular weight excluding hydrogens is 176 g/mol. The van der Waals surface area contributed by atoms with Gasteiger partial charge in [0.15, 0.2) is 0 Å². The standard InChI is InChI=1S/C11H24N2O/c1-5-7-13(6-2)11(14)10(12)8-9(3)4/h9-10H,5-8,12H2,1-4H3/t10-/m0/s1. The Bertz CT molecular complexity index is 169. The van der Waals surface area contributed by atoms with Crippen LogP contribution in [0.2, 0.25) is 0 Å². The number of nitrogens with zero attached hydrogens (tertiary/aromatic N) is 1. The second-order valence-corrected chi connectivity index (χ2v) is 4.15. The van der Waals surface area contributed by atoms with Gasteiger partial charge >= 0.3 is 0 Å². The third-order valence-electron chi connectivity index (χ3n) is 2.23. The lowest BCUT2D eigenvalue weighted by molar-refractivity contribution is -0.132. The predicted molar refractivity (Wildman–Crippen MR) is 60.0 cm³/mol. The number of rotatable bonds is 6. The van der Waals surface area contributed by atoms with Crippen LogP contribution >= 0.6 is 0 Å². The number of carbonyl (C=O) groups is 1. The molecule has 0 spiro atoms. The van der Waals surface area contributed by atoms with Crippen molar-refractivity contribution in [3.63, 3.8) is 0 Å². The Kier molecular flexibility index (Phi) is 6.54. The second kappa shape index (κ2) is 6.82. The van der Waals surface area contributed by atoms with E-state index in [-0.39, 0.29) is 11.9 Å². The molecule has 84 valence electrons. The van der Waals surface area contributed by atoms with Crippen molar-refractivity contribution in [1.82, 2.24) is 4.90 Å². The Morgan fingerprint density at radius 1 is 1.36 bits per heavy atom. The number of likely N-dealkylation sites (N-methyl/N-ethyl adjacent to an activating group) is 1. The molecule has 14 heavy (non-hydrogen) atoms. The molecule has 0 radical (unpaired) electrons. The highest BCUT2D eigenvalue weighted by atomic mass is 16.2. The first kappa shape index (κ1) is 13.4. The Morgan fingerprint density at radius 3 is 2.29 bits per heavy atom. The van der Waals surface area contributed by atoms with Gasteiger partial charge in [-0.25, -0.2) is 0 Å². The van der Waals surface area contributed by atoms with Gasteiger partial charge in [0, 0.05) is 13.1 Å². The van der Waals surface area contributed by atoms with Crippen LogP contribution in [-0.2, 0) is 4.79 Å². The van der Waals surface area contributed by atoms with Crippen LogP contribution in [0.5, 0.6) is 0 Å². The Morgan fingerprint density at radius 2 is 1.93 bits per heavy atom. The van der Waals surface area contributed by atoms with Crippen LogP contribution in [0, 0.1) is 5.92 Å². The van der Waals surface area contributed by atoms with E-state index in [2.05, 4.69) is 20.8 Å². The zero-order valence-corrected chi connectivity index (χ0v) is 9.92. The van der Waals surface area contributed by atoms with E-state index in [0.717, 1.165) is 25.9 Å². The molecule has 1 atom stereocenters. The zero-order valence-electron chi connectivity index (χ0n) is 9.92. The van der Waals surface area contributed by atoms with Crippen LogP contribution in [0.25, 0.3) is 0 Å². The van der Waals surface area contributed by atoms with Crippen molar-refractivity contribution in [3.8, 4) is 0 Å². The summed E-state index contributed by atoms with van der Waals surface area (Å²) in [5.74, 6) is 0.581. The van der Waals surface area contributed by atoms with Gasteiger partial charge in [0.05, 0.1) is 6.04 Å². The van der Waals surface area contributed by atoms with Gasteiger partial charge in [0.2, 0.25) is 5.91 Å². The van der Waals surface area contributed by atoms with Gasteiger partial charge in [-0.15, -0.1) is 0 Å². The number of hydrogen-bond donors (Lipinski definition) is 1. The maximum absolute atomic E-state index is 11.8. The SMILES string of the molecule is CCCN(CC)C(=O)[C@@H](N)CC(C)C. The third kappa shape index (κ3) is 4.61. The minimum atomic E-state index is -0.318. The Labute approximate surface area is 87.6 Å². The van der Waals surface area contributed by atoms with Gasteiger partial charge in [-0.05, 0) is 25.7 Å². The second-order valence-electron chi connectivity index (χ2n) is 4.15. The van der Waals surface area contributed by atoms with Crippen molar-refractivity contribution in [1.29, 1.82) is 0 Å². The number of nitrogens with two attached hydrogens (primary N) is 1. The van der Waals surface area contributed by atoms with Crippen molar-refractivity contribution < 1.29 is 4.79 Å². The molecule has 0 aromatic heterocycles. The van der Waals surface area contributed by atoms with E-state index in [4.69, 9.17) is 5.73 Å². The maximum atomic E-state index is 11.8. The minimum Gasteiger partial charge on any atom is -0.342 e. The third-order valence-corrected chi connectivity index (χ3v) is 2.23. The molecule has 0 saturated carbocycles. The smallest absolute Gasteiger partial charge is 0.239 e. The van der Waals surface area contributed by atoms with Crippen molar-refractivity contribution in [2.24, 2.45) is 11.7 Å². The molecule has 0 saturated heterocycles. The summed E-state index contributed by atoms with van der Waals surface area (Å²) in [6.45, 7) is 9.83. The Balaban J connectivity index is 4.12. The van der Waals surface area contributed by atoms with Crippen LogP contribution in [-0.4, -0.2) is 29.9 Å². The molecule has 0 aliphatic heterocycles. The normalized spacial score (nSPS) is 13.0. The molecule has 0 aromatic carbocycles. The van der Waals surface area contributed by atoms with Crippen LogP contribution in [0.4, 0.5) is 0 Å². The highest BCUT2D eigenvalue weighted by Crippen LogP contribution is 2.06. The summed E-state index contributed by atoms with van der Waals surface area (Å²) in [6.07, 6.45) is 1.77. The fraction of sp³-hybridized carbons (Fsp3) is 0.909. The van der Waals surface area contributed by atoms with E-state index in [1.54, 1.807) is 0 Å². The molecule has 2 N–H and O–H groups in total. The molecular formula is C11H24N2O. The maximum Gasteiger partial charge on any atom is 0.239 e. The highest BCUT2D eigenvalue weighted by molar-refractivity contribution is 5.81. The lowest BCUT2D eigenvalue weighted by atomic mass is 10.0. The lowest BCUT2D eigenvalue weighted by Crippen LogP contribution is -2.44. The monoisotopic (exact) mass is 200 g/mol. The molecule has 0 aliphatic carbocycles. The minimum absolute atomic E-state index is 0.100. The van der Waals surface area contributed by atoms with Crippen LogP contribution in [0.15, 0.2) is 0 Å².